The molecule has 0 radical (unpaired) electrons. The van der Waals surface area contributed by atoms with Crippen molar-refractivity contribution >= 4 is 31.6 Å². The van der Waals surface area contributed by atoms with Gasteiger partial charge in [-0.25, -0.2) is 18.5 Å². The fourth-order valence-corrected chi connectivity index (χ4v) is 6.05. The van der Waals surface area contributed by atoms with Gasteiger partial charge in [0.25, 0.3) is 0 Å². The van der Waals surface area contributed by atoms with Gasteiger partial charge >= 0.3 is 0 Å². The third kappa shape index (κ3) is 3.47. The van der Waals surface area contributed by atoms with Gasteiger partial charge in [0.2, 0.25) is 10.0 Å². The Kier molecular flexibility index (Phi) is 4.60. The van der Waals surface area contributed by atoms with Crippen LogP contribution >= 0.6 is 11.3 Å². The second kappa shape index (κ2) is 6.61. The van der Waals surface area contributed by atoms with Crippen LogP contribution in [-0.2, 0) is 10.0 Å². The first-order valence-electron chi connectivity index (χ1n) is 9.07. The molecule has 0 atom stereocenters. The molecule has 0 bridgehead atoms. The summed E-state index contributed by atoms with van der Waals surface area (Å²) in [4.78, 5) is 7.58. The number of hydrogen-bond donors (Lipinski definition) is 1. The summed E-state index contributed by atoms with van der Waals surface area (Å²) in [5.74, 6) is 0.902. The van der Waals surface area contributed by atoms with Crippen molar-refractivity contribution < 1.29 is 8.42 Å². The fraction of sp³-hybridized carbons (Fsp3) is 0.611. The smallest absolute Gasteiger partial charge is 0.238 e. The number of fused-ring (bicyclic) bond motifs is 1. The van der Waals surface area contributed by atoms with Gasteiger partial charge in [0, 0.05) is 5.92 Å². The molecular weight excluding hydrogens is 354 g/mol. The van der Waals surface area contributed by atoms with Crippen molar-refractivity contribution in [3.8, 4) is 0 Å². The number of piperidine rings is 1. The normalized spacial score (nSPS) is 21.4. The number of likely N-dealkylation sites (tertiary alicyclic amines) is 1. The van der Waals surface area contributed by atoms with Gasteiger partial charge in [-0.2, -0.15) is 0 Å². The van der Waals surface area contributed by atoms with Gasteiger partial charge in [-0.05, 0) is 69.4 Å². The third-order valence-electron chi connectivity index (χ3n) is 5.71. The molecule has 1 saturated heterocycles. The monoisotopic (exact) mass is 379 g/mol. The summed E-state index contributed by atoms with van der Waals surface area (Å²) in [6.45, 7) is 2.19. The van der Waals surface area contributed by atoms with Crippen LogP contribution in [0.5, 0.6) is 0 Å². The number of primary sulfonamides is 1. The molecule has 5 nitrogen and oxygen atoms in total. The van der Waals surface area contributed by atoms with Crippen LogP contribution in [0.1, 0.15) is 60.9 Å². The maximum Gasteiger partial charge on any atom is 0.238 e. The fourth-order valence-electron chi connectivity index (χ4n) is 4.19. The van der Waals surface area contributed by atoms with Gasteiger partial charge in [0.15, 0.2) is 0 Å². The first-order valence-corrected chi connectivity index (χ1v) is 11.4. The lowest BCUT2D eigenvalue weighted by molar-refractivity contribution is 0.255. The molecule has 1 aromatic heterocycles. The van der Waals surface area contributed by atoms with Crippen LogP contribution in [0.2, 0.25) is 0 Å². The number of benzene rings is 1. The van der Waals surface area contributed by atoms with Crippen LogP contribution in [-0.4, -0.2) is 38.4 Å². The minimum atomic E-state index is -3.70. The van der Waals surface area contributed by atoms with Gasteiger partial charge in [-0.3, -0.25) is 0 Å². The van der Waals surface area contributed by atoms with Crippen molar-refractivity contribution in [2.24, 2.45) is 5.14 Å². The molecule has 136 valence electrons. The summed E-state index contributed by atoms with van der Waals surface area (Å²) >= 11 is 1.66. The predicted molar refractivity (Wildman–Crippen MR) is 102 cm³/mol. The van der Waals surface area contributed by atoms with E-state index in [1.165, 1.54) is 12.8 Å². The first-order chi connectivity index (χ1) is 11.9. The number of hydrogen-bond acceptors (Lipinski definition) is 5. The van der Waals surface area contributed by atoms with Gasteiger partial charge in [0.1, 0.15) is 0 Å². The first kappa shape index (κ1) is 17.4. The van der Waals surface area contributed by atoms with Crippen LogP contribution in [0, 0.1) is 0 Å². The zero-order valence-corrected chi connectivity index (χ0v) is 16.2. The molecule has 1 saturated carbocycles. The highest BCUT2D eigenvalue weighted by atomic mass is 32.2. The zero-order valence-electron chi connectivity index (χ0n) is 14.6. The molecule has 1 aliphatic heterocycles. The van der Waals surface area contributed by atoms with Crippen molar-refractivity contribution in [1.82, 2.24) is 9.88 Å². The highest BCUT2D eigenvalue weighted by molar-refractivity contribution is 7.89. The summed E-state index contributed by atoms with van der Waals surface area (Å²) in [6, 6.07) is 3.50. The predicted octanol–water partition coefficient (Wildman–Crippen LogP) is 3.41. The number of rotatable bonds is 3. The summed E-state index contributed by atoms with van der Waals surface area (Å²) in [5.41, 5.74) is 2.10. The van der Waals surface area contributed by atoms with Crippen molar-refractivity contribution in [1.29, 1.82) is 0 Å². The molecule has 2 N–H and O–H groups in total. The van der Waals surface area contributed by atoms with Gasteiger partial charge < -0.3 is 4.90 Å². The second-order valence-corrected chi connectivity index (χ2v) is 10.1. The number of thiazole rings is 1. The lowest BCUT2D eigenvalue weighted by atomic mass is 9.96. The van der Waals surface area contributed by atoms with Gasteiger partial charge in [-0.15, -0.1) is 11.3 Å². The molecule has 0 amide bonds. The number of aromatic nitrogens is 1. The lowest BCUT2D eigenvalue weighted by Gasteiger charge is -2.27. The molecule has 2 fully saturated rings. The van der Waals surface area contributed by atoms with Crippen LogP contribution in [0.25, 0.3) is 10.2 Å². The minimum absolute atomic E-state index is 0.237. The Morgan fingerprint density at radius 1 is 1.12 bits per heavy atom. The molecule has 1 aliphatic carbocycles. The van der Waals surface area contributed by atoms with Crippen molar-refractivity contribution in [3.05, 3.63) is 22.7 Å². The van der Waals surface area contributed by atoms with Crippen LogP contribution in [0.4, 0.5) is 0 Å². The Morgan fingerprint density at radius 2 is 1.80 bits per heavy atom. The molecule has 7 heteroatoms. The Morgan fingerprint density at radius 3 is 2.44 bits per heavy atom. The zero-order chi connectivity index (χ0) is 17.6. The highest BCUT2D eigenvalue weighted by Gasteiger charge is 2.26. The molecule has 2 aromatic rings. The lowest BCUT2D eigenvalue weighted by Crippen LogP contribution is -2.29. The quantitative estimate of drug-likeness (QED) is 0.887. The molecular formula is C18H25N3O2S2. The molecule has 2 heterocycles. The average Bonchev–Trinajstić information content (AvgIpc) is 3.23. The summed E-state index contributed by atoms with van der Waals surface area (Å²) in [5, 5.41) is 6.59. The van der Waals surface area contributed by atoms with Crippen LogP contribution in [0.15, 0.2) is 17.0 Å². The largest absolute Gasteiger partial charge is 0.306 e. The van der Waals surface area contributed by atoms with E-state index in [9.17, 15) is 8.42 Å². The van der Waals surface area contributed by atoms with E-state index in [-0.39, 0.29) is 4.90 Å². The Labute approximate surface area is 153 Å². The number of nitrogens with zero attached hydrogens (tertiary/aromatic N) is 2. The van der Waals surface area contributed by atoms with E-state index in [0.29, 0.717) is 11.8 Å². The Balaban J connectivity index is 1.80. The molecule has 1 aromatic carbocycles. The minimum Gasteiger partial charge on any atom is -0.306 e. The van der Waals surface area contributed by atoms with Gasteiger partial charge in [0.05, 0.1) is 20.1 Å². The maximum absolute atomic E-state index is 11.9. The van der Waals surface area contributed by atoms with E-state index in [4.69, 9.17) is 10.1 Å². The van der Waals surface area contributed by atoms with E-state index >= 15 is 0 Å². The Hall–Kier alpha value is -1.02. The standard InChI is InChI=1S/C18H25N3O2S2/c1-21-8-6-13(7-9-21)18-20-17-15(12-4-2-3-5-12)10-14(25(19,22)23)11-16(17)24-18/h10-13H,2-9H2,1H3,(H2,19,22,23). The van der Waals surface area contributed by atoms with Crippen molar-refractivity contribution in [2.45, 2.75) is 55.3 Å². The topological polar surface area (TPSA) is 76.3 Å². The van der Waals surface area contributed by atoms with E-state index in [1.807, 2.05) is 0 Å². The molecule has 0 spiro atoms. The van der Waals surface area contributed by atoms with Crippen molar-refractivity contribution in [3.63, 3.8) is 0 Å². The molecule has 2 aliphatic rings. The van der Waals surface area contributed by atoms with Crippen LogP contribution < -0.4 is 5.14 Å². The number of sulfonamides is 1. The molecule has 0 unspecified atom stereocenters. The molecule has 4 rings (SSSR count). The summed E-state index contributed by atoms with van der Waals surface area (Å²) in [7, 11) is -1.54. The van der Waals surface area contributed by atoms with E-state index in [2.05, 4.69) is 11.9 Å². The van der Waals surface area contributed by atoms with Gasteiger partial charge in [-0.1, -0.05) is 12.8 Å². The number of nitrogens with two attached hydrogens (primary N) is 1. The second-order valence-electron chi connectivity index (χ2n) is 7.52. The maximum atomic E-state index is 11.9. The average molecular weight is 380 g/mol. The third-order valence-corrected chi connectivity index (χ3v) is 7.76. The van der Waals surface area contributed by atoms with Crippen molar-refractivity contribution in [2.75, 3.05) is 20.1 Å². The SMILES string of the molecule is CN1CCC(c2nc3c(C4CCCC4)cc(S(N)(=O)=O)cc3s2)CC1. The highest BCUT2D eigenvalue weighted by Crippen LogP contribution is 2.42. The van der Waals surface area contributed by atoms with E-state index in [0.717, 1.165) is 59.6 Å². The summed E-state index contributed by atoms with van der Waals surface area (Å²) in [6.07, 6.45) is 6.89. The Bertz CT molecular complexity index is 877. The summed E-state index contributed by atoms with van der Waals surface area (Å²) < 4.78 is 24.9. The van der Waals surface area contributed by atoms with Crippen LogP contribution in [0.3, 0.4) is 0 Å². The molecule has 25 heavy (non-hydrogen) atoms. The van der Waals surface area contributed by atoms with E-state index < -0.39 is 10.0 Å². The van der Waals surface area contributed by atoms with E-state index in [1.54, 1.807) is 23.5 Å².